The predicted molar refractivity (Wildman–Crippen MR) is 123 cm³/mol. The van der Waals surface area contributed by atoms with E-state index in [1.165, 1.54) is 0 Å². The van der Waals surface area contributed by atoms with Crippen LogP contribution in [0, 0.1) is 6.92 Å². The fraction of sp³-hybridized carbons (Fsp3) is 0.400. The Labute approximate surface area is 183 Å². The molecule has 0 radical (unpaired) electrons. The minimum Gasteiger partial charge on any atom is -0.497 e. The number of rotatable bonds is 8. The molecule has 0 saturated carbocycles. The molecule has 2 aromatic carbocycles. The van der Waals surface area contributed by atoms with Crippen LogP contribution in [-0.4, -0.2) is 73.0 Å². The molecule has 1 fully saturated rings. The average molecular weight is 422 g/mol. The van der Waals surface area contributed by atoms with Gasteiger partial charge in [-0.05, 0) is 44.2 Å². The molecule has 1 atom stereocenters. The van der Waals surface area contributed by atoms with Gasteiger partial charge in [-0.25, -0.2) is 0 Å². The molecular weight excluding hydrogens is 390 g/mol. The molecule has 0 spiro atoms. The van der Waals surface area contributed by atoms with Crippen LogP contribution in [0.3, 0.4) is 0 Å². The van der Waals surface area contributed by atoms with Crippen molar-refractivity contribution in [3.8, 4) is 11.5 Å². The molecule has 1 aromatic heterocycles. The first-order chi connectivity index (χ1) is 15.1. The van der Waals surface area contributed by atoms with Crippen LogP contribution in [0.1, 0.15) is 23.0 Å². The molecule has 164 valence electrons. The molecule has 1 aliphatic heterocycles. The van der Waals surface area contributed by atoms with Crippen molar-refractivity contribution in [2.24, 2.45) is 0 Å². The van der Waals surface area contributed by atoms with Gasteiger partial charge in [0.25, 0.3) is 0 Å². The summed E-state index contributed by atoms with van der Waals surface area (Å²) in [4.78, 5) is 21.3. The number of hydrogen-bond donors (Lipinski definition) is 1. The second-order valence-electron chi connectivity index (χ2n) is 8.11. The number of carbonyl (C=O) groups excluding carboxylic acids is 1. The van der Waals surface area contributed by atoms with E-state index in [2.05, 4.69) is 14.8 Å². The zero-order valence-electron chi connectivity index (χ0n) is 18.6. The van der Waals surface area contributed by atoms with Crippen LogP contribution in [0.4, 0.5) is 0 Å². The Morgan fingerprint density at radius 1 is 1.03 bits per heavy atom. The van der Waals surface area contributed by atoms with E-state index in [1.54, 1.807) is 7.11 Å². The molecule has 0 aliphatic carbocycles. The number of Topliss-reactive ketones (excluding diaryl/α,β-unsaturated/α-hetero) is 1. The number of aromatic nitrogens is 1. The fourth-order valence-corrected chi connectivity index (χ4v) is 4.31. The van der Waals surface area contributed by atoms with Crippen LogP contribution in [0.25, 0.3) is 10.9 Å². The zero-order chi connectivity index (χ0) is 21.8. The number of methoxy groups -OCH3 is 1. The molecule has 1 aliphatic rings. The molecule has 6 heteroatoms. The normalized spacial score (nSPS) is 16.4. The van der Waals surface area contributed by atoms with Crippen molar-refractivity contribution in [1.82, 2.24) is 14.8 Å². The highest BCUT2D eigenvalue weighted by molar-refractivity contribution is 6.11. The topological polar surface area (TPSA) is 57.8 Å². The maximum atomic E-state index is 13.3. The van der Waals surface area contributed by atoms with E-state index in [9.17, 15) is 4.79 Å². The number of aryl methyl sites for hydroxylation is 1. The quantitative estimate of drug-likeness (QED) is 0.562. The van der Waals surface area contributed by atoms with Gasteiger partial charge in [-0.2, -0.15) is 0 Å². The lowest BCUT2D eigenvalue weighted by molar-refractivity contribution is 0.0674. The minimum atomic E-state index is -0.129. The third kappa shape index (κ3) is 4.75. The van der Waals surface area contributed by atoms with Crippen molar-refractivity contribution in [1.29, 1.82) is 0 Å². The number of nitrogens with one attached hydrogen (secondary N) is 1. The monoisotopic (exact) mass is 421 g/mol. The molecule has 3 aromatic rings. The molecule has 4 rings (SSSR count). The van der Waals surface area contributed by atoms with Gasteiger partial charge in [-0.1, -0.05) is 18.2 Å². The van der Waals surface area contributed by atoms with Crippen molar-refractivity contribution < 1.29 is 14.3 Å². The van der Waals surface area contributed by atoms with Crippen LogP contribution in [0.15, 0.2) is 48.5 Å². The molecule has 1 N–H and O–H groups in total. The number of benzene rings is 2. The first-order valence-electron chi connectivity index (χ1n) is 10.9. The summed E-state index contributed by atoms with van der Waals surface area (Å²) >= 11 is 0. The van der Waals surface area contributed by atoms with Gasteiger partial charge in [0.2, 0.25) is 0 Å². The van der Waals surface area contributed by atoms with Crippen LogP contribution in [0.5, 0.6) is 11.5 Å². The number of para-hydroxylation sites is 1. The fourth-order valence-electron chi connectivity index (χ4n) is 4.31. The Balaban J connectivity index is 1.28. The summed E-state index contributed by atoms with van der Waals surface area (Å²) in [7, 11) is 1.66. The maximum Gasteiger partial charge on any atom is 0.182 e. The first kappa shape index (κ1) is 21.4. The van der Waals surface area contributed by atoms with E-state index in [1.807, 2.05) is 62.4 Å². The molecule has 0 unspecified atom stereocenters. The Kier molecular flexibility index (Phi) is 6.59. The first-order valence-corrected chi connectivity index (χ1v) is 10.9. The van der Waals surface area contributed by atoms with Gasteiger partial charge in [0.15, 0.2) is 5.78 Å². The Morgan fingerprint density at radius 3 is 2.42 bits per heavy atom. The Morgan fingerprint density at radius 2 is 1.71 bits per heavy atom. The highest BCUT2D eigenvalue weighted by atomic mass is 16.5. The third-order valence-corrected chi connectivity index (χ3v) is 6.21. The van der Waals surface area contributed by atoms with E-state index in [0.29, 0.717) is 6.61 Å². The standard InChI is InChI=1S/C25H31N3O3/c1-18-24(22-6-4-5-7-23(22)26-18)25(29)19(2)28-14-12-27(13-15-28)16-17-31-21-10-8-20(30-3)9-11-21/h4-11,19,26H,12-17H2,1-3H3/t19-/m1/s1. The summed E-state index contributed by atoms with van der Waals surface area (Å²) in [5.41, 5.74) is 2.81. The van der Waals surface area contributed by atoms with Crippen molar-refractivity contribution in [3.05, 3.63) is 59.8 Å². The van der Waals surface area contributed by atoms with Crippen LogP contribution < -0.4 is 9.47 Å². The summed E-state index contributed by atoms with van der Waals surface area (Å²) in [5.74, 6) is 1.88. The second-order valence-corrected chi connectivity index (χ2v) is 8.11. The molecule has 31 heavy (non-hydrogen) atoms. The lowest BCUT2D eigenvalue weighted by Crippen LogP contribution is -2.52. The van der Waals surface area contributed by atoms with Gasteiger partial charge in [-0.3, -0.25) is 14.6 Å². The smallest absolute Gasteiger partial charge is 0.182 e. The number of ketones is 1. The number of aromatic amines is 1. The molecule has 6 nitrogen and oxygen atoms in total. The van der Waals surface area contributed by atoms with Crippen molar-refractivity contribution >= 4 is 16.7 Å². The zero-order valence-corrected chi connectivity index (χ0v) is 18.6. The number of carbonyl (C=O) groups is 1. The summed E-state index contributed by atoms with van der Waals surface area (Å²) in [5, 5.41) is 1.02. The average Bonchev–Trinajstić information content (AvgIpc) is 3.14. The van der Waals surface area contributed by atoms with Gasteiger partial charge < -0.3 is 14.5 Å². The van der Waals surface area contributed by atoms with Crippen LogP contribution >= 0.6 is 0 Å². The number of fused-ring (bicyclic) bond motifs is 1. The number of piperazine rings is 1. The summed E-state index contributed by atoms with van der Waals surface area (Å²) < 4.78 is 11.0. The van der Waals surface area contributed by atoms with Crippen molar-refractivity contribution in [2.75, 3.05) is 46.4 Å². The summed E-state index contributed by atoms with van der Waals surface area (Å²) in [6.45, 7) is 9.20. The number of hydrogen-bond acceptors (Lipinski definition) is 5. The van der Waals surface area contributed by atoms with E-state index < -0.39 is 0 Å². The van der Waals surface area contributed by atoms with Gasteiger partial charge in [0.05, 0.1) is 13.2 Å². The lowest BCUT2D eigenvalue weighted by atomic mass is 10.0. The maximum absolute atomic E-state index is 13.3. The van der Waals surface area contributed by atoms with Crippen LogP contribution in [-0.2, 0) is 0 Å². The van der Waals surface area contributed by atoms with Crippen molar-refractivity contribution in [3.63, 3.8) is 0 Å². The van der Waals surface area contributed by atoms with E-state index in [0.717, 1.165) is 66.4 Å². The molecule has 0 bridgehead atoms. The van der Waals surface area contributed by atoms with Crippen LogP contribution in [0.2, 0.25) is 0 Å². The van der Waals surface area contributed by atoms with Gasteiger partial charge >= 0.3 is 0 Å². The van der Waals surface area contributed by atoms with Gasteiger partial charge in [-0.15, -0.1) is 0 Å². The van der Waals surface area contributed by atoms with Gasteiger partial charge in [0, 0.05) is 54.9 Å². The third-order valence-electron chi connectivity index (χ3n) is 6.21. The molecule has 2 heterocycles. The van der Waals surface area contributed by atoms with E-state index in [-0.39, 0.29) is 11.8 Å². The lowest BCUT2D eigenvalue weighted by Gasteiger charge is -2.37. The van der Waals surface area contributed by atoms with Gasteiger partial charge in [0.1, 0.15) is 18.1 Å². The number of H-pyrrole nitrogens is 1. The summed E-state index contributed by atoms with van der Waals surface area (Å²) in [6.07, 6.45) is 0. The molecule has 0 amide bonds. The molecule has 1 saturated heterocycles. The minimum absolute atomic E-state index is 0.129. The largest absolute Gasteiger partial charge is 0.497 e. The summed E-state index contributed by atoms with van der Waals surface area (Å²) in [6, 6.07) is 15.6. The predicted octanol–water partition coefficient (Wildman–Crippen LogP) is 3.75. The number of nitrogens with zero attached hydrogens (tertiary/aromatic N) is 2. The van der Waals surface area contributed by atoms with Crippen molar-refractivity contribution in [2.45, 2.75) is 19.9 Å². The molecular formula is C25H31N3O3. The highest BCUT2D eigenvalue weighted by Gasteiger charge is 2.28. The Hall–Kier alpha value is -2.83. The van der Waals surface area contributed by atoms with E-state index >= 15 is 0 Å². The Bertz CT molecular complexity index is 1020. The number of ether oxygens (including phenoxy) is 2. The van der Waals surface area contributed by atoms with E-state index in [4.69, 9.17) is 9.47 Å². The second kappa shape index (κ2) is 9.54. The SMILES string of the molecule is COc1ccc(OCCN2CCN([C@H](C)C(=O)c3c(C)[nH]c4ccccc34)CC2)cc1. The highest BCUT2D eigenvalue weighted by Crippen LogP contribution is 2.24.